The second kappa shape index (κ2) is 41.8. The molecule has 0 spiro atoms. The fourth-order valence-corrected chi connectivity index (χ4v) is 4.27. The van der Waals surface area contributed by atoms with Crippen molar-refractivity contribution in [2.24, 2.45) is 0 Å². The number of hydrogen-bond donors (Lipinski definition) is 0. The number of carboxylic acids is 2. The summed E-state index contributed by atoms with van der Waals surface area (Å²) < 4.78 is 10.6. The Morgan fingerprint density at radius 1 is 0.435 bits per heavy atom. The molecule has 0 heterocycles. The Bertz CT molecular complexity index is 746. The molecule has 46 heavy (non-hydrogen) atoms. The molecule has 0 aromatic carbocycles. The van der Waals surface area contributed by atoms with E-state index in [1.54, 1.807) is 0 Å². The first-order chi connectivity index (χ1) is 21.2. The fraction of sp³-hybridized carbons (Fsp3) is 0.778. The van der Waals surface area contributed by atoms with Crippen LogP contribution in [0.4, 0.5) is 0 Å². The Morgan fingerprint density at radius 3 is 1.04 bits per heavy atom. The third-order valence-corrected chi connectivity index (χ3v) is 6.97. The molecule has 0 aliphatic heterocycles. The SMILES string of the molecule is CCCCCCCCC=C(CCCC)OC(=O)CCC(=O)[O-].CCCCCCCCC=C(CCCC)OC(=O)CCC(=O)[O-].[K+].[K+]. The van der Waals surface area contributed by atoms with Crippen LogP contribution in [0.15, 0.2) is 23.7 Å². The van der Waals surface area contributed by atoms with E-state index in [1.165, 1.54) is 64.2 Å². The van der Waals surface area contributed by atoms with E-state index < -0.39 is 23.9 Å². The van der Waals surface area contributed by atoms with Gasteiger partial charge in [-0.1, -0.05) is 105 Å². The predicted octanol–water partition coefficient (Wildman–Crippen LogP) is 1.78. The van der Waals surface area contributed by atoms with E-state index in [9.17, 15) is 29.4 Å². The third kappa shape index (κ3) is 42.7. The van der Waals surface area contributed by atoms with Crippen molar-refractivity contribution in [1.29, 1.82) is 0 Å². The number of allylic oxidation sites excluding steroid dienone is 4. The topological polar surface area (TPSA) is 133 Å². The van der Waals surface area contributed by atoms with E-state index in [0.717, 1.165) is 64.2 Å². The van der Waals surface area contributed by atoms with Gasteiger partial charge in [0.25, 0.3) is 0 Å². The van der Waals surface area contributed by atoms with E-state index in [2.05, 4.69) is 27.7 Å². The first-order valence-electron chi connectivity index (χ1n) is 17.4. The Kier molecular flexibility index (Phi) is 48.6. The van der Waals surface area contributed by atoms with Crippen LogP contribution in [0.5, 0.6) is 0 Å². The smallest absolute Gasteiger partial charge is 0.550 e. The Morgan fingerprint density at radius 2 is 0.739 bits per heavy atom. The van der Waals surface area contributed by atoms with Crippen LogP contribution < -0.4 is 113 Å². The number of carbonyl (C=O) groups excluding carboxylic acids is 4. The number of carbonyl (C=O) groups is 4. The summed E-state index contributed by atoms with van der Waals surface area (Å²) >= 11 is 0. The average molecular weight is 701 g/mol. The minimum absolute atomic E-state index is 0. The molecule has 0 aliphatic carbocycles. The molecule has 0 amide bonds. The van der Waals surface area contributed by atoms with Crippen molar-refractivity contribution in [3.05, 3.63) is 23.7 Å². The number of unbranched alkanes of at least 4 members (excludes halogenated alkanes) is 14. The summed E-state index contributed by atoms with van der Waals surface area (Å²) in [7, 11) is 0. The van der Waals surface area contributed by atoms with Gasteiger partial charge in [-0.25, -0.2) is 0 Å². The molecular weight excluding hydrogens is 639 g/mol. The number of ether oxygens (including phenoxy) is 2. The second-order valence-corrected chi connectivity index (χ2v) is 11.4. The molecule has 0 aliphatic rings. The zero-order valence-corrected chi connectivity index (χ0v) is 36.6. The fourth-order valence-electron chi connectivity index (χ4n) is 4.27. The maximum atomic E-state index is 11.6. The van der Waals surface area contributed by atoms with E-state index in [-0.39, 0.29) is 128 Å². The molecule has 0 fully saturated rings. The number of esters is 2. The summed E-state index contributed by atoms with van der Waals surface area (Å²) in [5.74, 6) is -2.01. The molecule has 0 rings (SSSR count). The average Bonchev–Trinajstić information content (AvgIpc) is 2.99. The van der Waals surface area contributed by atoms with Gasteiger partial charge in [-0.3, -0.25) is 9.59 Å². The van der Waals surface area contributed by atoms with E-state index in [0.29, 0.717) is 11.5 Å². The summed E-state index contributed by atoms with van der Waals surface area (Å²) in [6, 6.07) is 0. The molecule has 0 saturated carbocycles. The van der Waals surface area contributed by atoms with E-state index in [4.69, 9.17) is 9.47 Å². The second-order valence-electron chi connectivity index (χ2n) is 11.4. The van der Waals surface area contributed by atoms with Crippen LogP contribution in [0.25, 0.3) is 0 Å². The minimum atomic E-state index is -1.22. The molecule has 10 heteroatoms. The van der Waals surface area contributed by atoms with Gasteiger partial charge in [0, 0.05) is 24.8 Å². The van der Waals surface area contributed by atoms with Crippen LogP contribution >= 0.6 is 0 Å². The van der Waals surface area contributed by atoms with Crippen LogP contribution in [0.1, 0.15) is 182 Å². The Hall–Kier alpha value is 0.633. The molecule has 0 aromatic heterocycles. The first-order valence-corrected chi connectivity index (χ1v) is 17.4. The molecule has 0 bridgehead atoms. The molecule has 256 valence electrons. The third-order valence-electron chi connectivity index (χ3n) is 6.97. The summed E-state index contributed by atoms with van der Waals surface area (Å²) in [4.78, 5) is 43.8. The molecular formula is C36H62K2O8. The van der Waals surface area contributed by atoms with Crippen LogP contribution in [0, 0.1) is 0 Å². The van der Waals surface area contributed by atoms with Gasteiger partial charge in [0.1, 0.15) is 11.5 Å². The van der Waals surface area contributed by atoms with Crippen molar-refractivity contribution in [3.63, 3.8) is 0 Å². The summed E-state index contributed by atoms with van der Waals surface area (Å²) in [6.45, 7) is 8.58. The largest absolute Gasteiger partial charge is 1.00 e. The Labute approximate surface area is 365 Å². The quantitative estimate of drug-likeness (QED) is 0.0523. The van der Waals surface area contributed by atoms with Gasteiger partial charge in [0.2, 0.25) is 0 Å². The molecule has 0 unspecified atom stereocenters. The van der Waals surface area contributed by atoms with Crippen LogP contribution in [0.2, 0.25) is 0 Å². The summed E-state index contributed by atoms with van der Waals surface area (Å²) in [5.41, 5.74) is 0. The van der Waals surface area contributed by atoms with Crippen molar-refractivity contribution in [2.75, 3.05) is 0 Å². The standard InChI is InChI=1S/2C18H32O4.2K/c2*1-3-5-7-8-9-10-11-13-16(12-6-4-2)22-18(21)15-14-17(19)20;;/h2*13H,3-12,14-15H2,1-2H3,(H,19,20);;/q;;2*+1/p-2. The van der Waals surface area contributed by atoms with Crippen molar-refractivity contribution < 1.29 is 142 Å². The molecule has 0 atom stereocenters. The summed E-state index contributed by atoms with van der Waals surface area (Å²) in [6.07, 6.45) is 25.3. The van der Waals surface area contributed by atoms with Gasteiger partial charge in [-0.15, -0.1) is 0 Å². The van der Waals surface area contributed by atoms with Crippen molar-refractivity contribution in [1.82, 2.24) is 0 Å². The van der Waals surface area contributed by atoms with Crippen LogP contribution in [-0.4, -0.2) is 23.9 Å². The minimum Gasteiger partial charge on any atom is -0.550 e. The van der Waals surface area contributed by atoms with Gasteiger partial charge in [0.05, 0.1) is 12.8 Å². The maximum Gasteiger partial charge on any atom is 1.00 e. The normalized spacial score (nSPS) is 11.0. The number of carboxylic acid groups (broad SMARTS) is 2. The molecule has 8 nitrogen and oxygen atoms in total. The number of aliphatic carboxylic acids is 2. The van der Waals surface area contributed by atoms with Crippen LogP contribution in [-0.2, 0) is 28.7 Å². The van der Waals surface area contributed by atoms with E-state index >= 15 is 0 Å². The molecule has 0 aromatic rings. The van der Waals surface area contributed by atoms with Gasteiger partial charge in [-0.2, -0.15) is 0 Å². The van der Waals surface area contributed by atoms with Crippen molar-refractivity contribution >= 4 is 23.9 Å². The summed E-state index contributed by atoms with van der Waals surface area (Å²) in [5, 5.41) is 20.7. The van der Waals surface area contributed by atoms with E-state index in [1.807, 2.05) is 12.2 Å². The maximum absolute atomic E-state index is 11.6. The molecule has 0 radical (unpaired) electrons. The number of hydrogen-bond acceptors (Lipinski definition) is 8. The first kappa shape index (κ1) is 53.4. The van der Waals surface area contributed by atoms with Gasteiger partial charge >= 0.3 is 115 Å². The van der Waals surface area contributed by atoms with Gasteiger partial charge in [0.15, 0.2) is 0 Å². The van der Waals surface area contributed by atoms with Crippen molar-refractivity contribution in [2.45, 2.75) is 182 Å². The molecule has 0 N–H and O–H groups in total. The zero-order valence-electron chi connectivity index (χ0n) is 30.4. The molecule has 0 saturated heterocycles. The van der Waals surface area contributed by atoms with Gasteiger partial charge in [-0.05, 0) is 63.5 Å². The van der Waals surface area contributed by atoms with Crippen LogP contribution in [0.3, 0.4) is 0 Å². The van der Waals surface area contributed by atoms with Crippen molar-refractivity contribution in [3.8, 4) is 0 Å². The zero-order chi connectivity index (χ0) is 33.3. The monoisotopic (exact) mass is 700 g/mol. The number of rotatable bonds is 28. The van der Waals surface area contributed by atoms with Gasteiger partial charge < -0.3 is 29.3 Å². The predicted molar refractivity (Wildman–Crippen MR) is 172 cm³/mol. The Balaban J connectivity index is -0.000000367.